The highest BCUT2D eigenvalue weighted by atomic mass is 16.5. The van der Waals surface area contributed by atoms with Crippen LogP contribution in [0.3, 0.4) is 0 Å². The van der Waals surface area contributed by atoms with Crippen LogP contribution in [0.4, 0.5) is 0 Å². The normalized spacial score (nSPS) is 13.3. The molecule has 0 heterocycles. The van der Waals surface area contributed by atoms with Crippen LogP contribution in [-0.2, 0) is 28.4 Å². The SMILES string of the molecule is C.C.CCC(C)C(C)OC.CCC(C)C(C)OC.COC(C)=C(C)C.COC(C)=C(C)C.COC(C)C(C)C.COC(C)C(C)C. The lowest BCUT2D eigenvalue weighted by Crippen LogP contribution is -2.14. The molecule has 0 aromatic rings. The molecule has 6 unspecified atom stereocenters. The Labute approximate surface area is 293 Å². The largest absolute Gasteiger partial charge is 0.501 e. The van der Waals surface area contributed by atoms with E-state index in [2.05, 4.69) is 83.1 Å². The first-order valence-corrected chi connectivity index (χ1v) is 16.6. The molecule has 0 amide bonds. The number of allylic oxidation sites excluding steroid dienone is 4. The molecule has 0 aromatic heterocycles. The van der Waals surface area contributed by atoms with E-state index in [1.54, 1.807) is 42.7 Å². The number of hydrogen-bond donors (Lipinski definition) is 0. The van der Waals surface area contributed by atoms with E-state index in [4.69, 9.17) is 28.4 Å². The van der Waals surface area contributed by atoms with E-state index in [0.717, 1.165) is 11.5 Å². The summed E-state index contributed by atoms with van der Waals surface area (Å²) >= 11 is 0. The van der Waals surface area contributed by atoms with E-state index in [1.807, 2.05) is 41.5 Å². The molecule has 0 radical (unpaired) electrons. The molecule has 6 atom stereocenters. The summed E-state index contributed by atoms with van der Waals surface area (Å²) in [4.78, 5) is 0. The lowest BCUT2D eigenvalue weighted by molar-refractivity contribution is 0.0722. The fourth-order valence-corrected chi connectivity index (χ4v) is 2.08. The predicted molar refractivity (Wildman–Crippen MR) is 210 cm³/mol. The Balaban J connectivity index is -0.0000000623. The zero-order chi connectivity index (χ0) is 36.6. The van der Waals surface area contributed by atoms with Gasteiger partial charge in [0, 0.05) is 28.4 Å². The van der Waals surface area contributed by atoms with Crippen LogP contribution in [0.2, 0.25) is 0 Å². The first kappa shape index (κ1) is 63.6. The number of methoxy groups -OCH3 is 6. The van der Waals surface area contributed by atoms with E-state index in [9.17, 15) is 0 Å². The quantitative estimate of drug-likeness (QED) is 0.193. The summed E-state index contributed by atoms with van der Waals surface area (Å²) in [6, 6.07) is 0. The molecule has 0 saturated heterocycles. The zero-order valence-corrected chi connectivity index (χ0v) is 34.5. The Morgan fingerprint density at radius 1 is 0.391 bits per heavy atom. The van der Waals surface area contributed by atoms with E-state index in [0.29, 0.717) is 48.1 Å². The van der Waals surface area contributed by atoms with Crippen molar-refractivity contribution in [3.05, 3.63) is 22.7 Å². The average molecular weight is 669 g/mol. The third kappa shape index (κ3) is 49.8. The Kier molecular flexibility index (Phi) is 60.7. The van der Waals surface area contributed by atoms with Crippen molar-refractivity contribution in [2.75, 3.05) is 42.7 Å². The van der Waals surface area contributed by atoms with Crippen molar-refractivity contribution in [1.29, 1.82) is 0 Å². The average Bonchev–Trinajstić information content (AvgIpc) is 3.02. The third-order valence-corrected chi connectivity index (χ3v) is 8.28. The summed E-state index contributed by atoms with van der Waals surface area (Å²) < 4.78 is 30.0. The van der Waals surface area contributed by atoms with Crippen LogP contribution in [0.25, 0.3) is 0 Å². The topological polar surface area (TPSA) is 55.4 Å². The van der Waals surface area contributed by atoms with Gasteiger partial charge in [-0.05, 0) is 104 Å². The number of rotatable bonds is 12. The molecule has 6 nitrogen and oxygen atoms in total. The maximum atomic E-state index is 5.10. The van der Waals surface area contributed by atoms with Gasteiger partial charge in [-0.15, -0.1) is 0 Å². The molecule has 0 spiro atoms. The summed E-state index contributed by atoms with van der Waals surface area (Å²) in [5.41, 5.74) is 2.48. The van der Waals surface area contributed by atoms with Crippen molar-refractivity contribution in [1.82, 2.24) is 0 Å². The number of hydrogen-bond acceptors (Lipinski definition) is 6. The number of ether oxygens (including phenoxy) is 6. The van der Waals surface area contributed by atoms with Gasteiger partial charge in [-0.2, -0.15) is 0 Å². The monoisotopic (exact) mass is 669 g/mol. The highest BCUT2D eigenvalue weighted by Gasteiger charge is 2.07. The van der Waals surface area contributed by atoms with Gasteiger partial charge in [0.05, 0.1) is 50.2 Å². The minimum absolute atomic E-state index is 0. The van der Waals surface area contributed by atoms with Crippen molar-refractivity contribution in [2.45, 2.75) is 177 Å². The van der Waals surface area contributed by atoms with Crippen LogP contribution >= 0.6 is 0 Å². The van der Waals surface area contributed by atoms with Crippen molar-refractivity contribution in [2.24, 2.45) is 23.7 Å². The standard InChI is InChI=1S/2C7H16O.2C6H14O.2C6H12O.2CH4/c2*1-5-6(2)7(3)8-4;4*1-5(2)6(3)7-4;;/h2*6-7H,5H2,1-4H3;2*5-6H,1-4H3;2*1-4H3;2*1H4. The molecule has 0 aromatic carbocycles. The first-order valence-electron chi connectivity index (χ1n) is 16.6. The van der Waals surface area contributed by atoms with Crippen LogP contribution in [0, 0.1) is 23.7 Å². The van der Waals surface area contributed by atoms with Crippen molar-refractivity contribution < 1.29 is 28.4 Å². The van der Waals surface area contributed by atoms with Gasteiger partial charge in [0.2, 0.25) is 0 Å². The van der Waals surface area contributed by atoms with Crippen LogP contribution in [0.15, 0.2) is 22.7 Å². The molecule has 0 rings (SSSR count). The minimum atomic E-state index is 0. The fraction of sp³-hybridized carbons (Fsp3) is 0.900. The Bertz CT molecular complexity index is 549. The van der Waals surface area contributed by atoms with Crippen molar-refractivity contribution >= 4 is 0 Å². The second-order valence-corrected chi connectivity index (χ2v) is 12.5. The maximum Gasteiger partial charge on any atom is 0.0910 e. The van der Waals surface area contributed by atoms with Gasteiger partial charge >= 0.3 is 0 Å². The van der Waals surface area contributed by atoms with E-state index < -0.39 is 0 Å². The van der Waals surface area contributed by atoms with Gasteiger partial charge in [0.1, 0.15) is 0 Å². The Hall–Kier alpha value is -1.08. The molecule has 0 N–H and O–H groups in total. The summed E-state index contributed by atoms with van der Waals surface area (Å²) in [6.07, 6.45) is 4.05. The highest BCUT2D eigenvalue weighted by Crippen LogP contribution is 2.09. The van der Waals surface area contributed by atoms with Gasteiger partial charge in [-0.25, -0.2) is 0 Å². The second kappa shape index (κ2) is 43.9. The van der Waals surface area contributed by atoms with E-state index in [1.165, 1.54) is 24.0 Å². The second-order valence-electron chi connectivity index (χ2n) is 12.5. The van der Waals surface area contributed by atoms with Crippen molar-refractivity contribution in [3.8, 4) is 0 Å². The molecule has 0 aliphatic heterocycles. The lowest BCUT2D eigenvalue weighted by Gasteiger charge is -2.15. The van der Waals surface area contributed by atoms with Crippen molar-refractivity contribution in [3.63, 3.8) is 0 Å². The molecule has 288 valence electrons. The molecular weight excluding hydrogens is 576 g/mol. The molecule has 0 saturated carbocycles. The van der Waals surface area contributed by atoms with Crippen LogP contribution in [0.5, 0.6) is 0 Å². The van der Waals surface area contributed by atoms with Gasteiger partial charge in [0.25, 0.3) is 0 Å². The molecule has 0 bridgehead atoms. The summed E-state index contributed by atoms with van der Waals surface area (Å²) in [5, 5.41) is 0. The minimum Gasteiger partial charge on any atom is -0.501 e. The zero-order valence-electron chi connectivity index (χ0n) is 34.5. The first-order chi connectivity index (χ1) is 20.2. The predicted octanol–water partition coefficient (Wildman–Crippen LogP) is 12.7. The van der Waals surface area contributed by atoms with Gasteiger partial charge in [-0.1, -0.05) is 83.1 Å². The van der Waals surface area contributed by atoms with E-state index in [-0.39, 0.29) is 14.9 Å². The smallest absolute Gasteiger partial charge is 0.0910 e. The fourth-order valence-electron chi connectivity index (χ4n) is 2.08. The van der Waals surface area contributed by atoms with Crippen LogP contribution in [-0.4, -0.2) is 67.1 Å². The highest BCUT2D eigenvalue weighted by molar-refractivity contribution is 4.98. The molecule has 0 fully saturated rings. The lowest BCUT2D eigenvalue weighted by atomic mass is 10.0. The summed E-state index contributed by atoms with van der Waals surface area (Å²) in [6.45, 7) is 37.7. The summed E-state index contributed by atoms with van der Waals surface area (Å²) in [7, 11) is 10.4. The molecule has 46 heavy (non-hydrogen) atoms. The Morgan fingerprint density at radius 3 is 0.609 bits per heavy atom. The van der Waals surface area contributed by atoms with Gasteiger partial charge in [0.15, 0.2) is 0 Å². The third-order valence-electron chi connectivity index (χ3n) is 8.28. The summed E-state index contributed by atoms with van der Waals surface area (Å²) in [5.74, 6) is 4.70. The maximum absolute atomic E-state index is 5.10. The van der Waals surface area contributed by atoms with Crippen LogP contribution in [0.1, 0.15) is 152 Å². The molecule has 0 aliphatic carbocycles. The van der Waals surface area contributed by atoms with Crippen LogP contribution < -0.4 is 0 Å². The molecule has 6 heteroatoms. The van der Waals surface area contributed by atoms with Gasteiger partial charge < -0.3 is 28.4 Å². The van der Waals surface area contributed by atoms with Gasteiger partial charge in [-0.3, -0.25) is 0 Å². The molecular formula is C40H92O6. The Morgan fingerprint density at radius 2 is 0.587 bits per heavy atom. The van der Waals surface area contributed by atoms with E-state index >= 15 is 0 Å². The molecule has 0 aliphatic rings.